The molecule has 0 aromatic carbocycles. The van der Waals surface area contributed by atoms with Gasteiger partial charge in [-0.05, 0) is 33.0 Å². The minimum absolute atomic E-state index is 0.544. The largest absolute Gasteiger partial charge is 0.460 e. The number of alkyl halides is 16. The third kappa shape index (κ3) is 8.84. The molecule has 0 bridgehead atoms. The summed E-state index contributed by atoms with van der Waals surface area (Å²) in [6.07, 6.45) is -33.8. The number of ether oxygens (including phenoxy) is 2. The summed E-state index contributed by atoms with van der Waals surface area (Å²) >= 11 is 0. The number of sulfone groups is 1. The van der Waals surface area contributed by atoms with Crippen LogP contribution in [0.5, 0.6) is 0 Å². The number of hydrogen-bond donors (Lipinski definition) is 1. The molecule has 0 spiro atoms. The first kappa shape index (κ1) is 40.6. The van der Waals surface area contributed by atoms with Crippen molar-refractivity contribution in [3.05, 3.63) is 0 Å². The Balaban J connectivity index is 5.17. The summed E-state index contributed by atoms with van der Waals surface area (Å²) in [6.45, 7) is -1.76. The molecule has 254 valence electrons. The molecule has 0 heterocycles. The molecule has 0 atom stereocenters. The van der Waals surface area contributed by atoms with E-state index in [1.54, 1.807) is 0 Å². The summed E-state index contributed by atoms with van der Waals surface area (Å²) in [4.78, 5) is 0.637. The zero-order valence-corrected chi connectivity index (χ0v) is 22.1. The molecule has 0 fully saturated rings. The van der Waals surface area contributed by atoms with E-state index in [0.29, 0.717) is 4.90 Å². The molecule has 0 saturated carbocycles. The lowest BCUT2D eigenvalue weighted by Gasteiger charge is -2.32. The number of rotatable bonds is 18. The van der Waals surface area contributed by atoms with Crippen molar-refractivity contribution >= 4 is 20.0 Å². The molecular weight excluding hydrogens is 686 g/mol. The van der Waals surface area contributed by atoms with Gasteiger partial charge in [-0.1, -0.05) is 0 Å². The average Bonchev–Trinajstić information content (AvgIpc) is 2.69. The van der Waals surface area contributed by atoms with Crippen LogP contribution < -0.4 is 0 Å². The molecule has 0 saturated heterocycles. The van der Waals surface area contributed by atoms with Crippen molar-refractivity contribution in [1.29, 1.82) is 0 Å². The van der Waals surface area contributed by atoms with E-state index in [0.717, 1.165) is 7.05 Å². The Morgan fingerprint density at radius 2 is 0.857 bits per heavy atom. The van der Waals surface area contributed by atoms with Crippen molar-refractivity contribution < 1.29 is 101 Å². The van der Waals surface area contributed by atoms with Gasteiger partial charge >= 0.3 is 56.9 Å². The fourth-order valence-corrected chi connectivity index (χ4v) is 3.32. The van der Waals surface area contributed by atoms with Gasteiger partial charge in [0.2, 0.25) is 9.84 Å². The second-order valence-electron chi connectivity index (χ2n) is 8.47. The van der Waals surface area contributed by atoms with E-state index in [2.05, 4.69) is 4.74 Å². The molecule has 0 unspecified atom stereocenters. The zero-order valence-electron chi connectivity index (χ0n) is 20.5. The Morgan fingerprint density at radius 1 is 0.571 bits per heavy atom. The predicted molar refractivity (Wildman–Crippen MR) is 104 cm³/mol. The van der Waals surface area contributed by atoms with Gasteiger partial charge < -0.3 is 4.90 Å². The van der Waals surface area contributed by atoms with E-state index in [9.17, 15) is 87.1 Å². The van der Waals surface area contributed by atoms with Crippen LogP contribution >= 0.6 is 0 Å². The quantitative estimate of drug-likeness (QED) is 0.152. The lowest BCUT2D eigenvalue weighted by molar-refractivity contribution is -0.456. The van der Waals surface area contributed by atoms with Crippen LogP contribution in [0, 0.1) is 0 Å². The first-order valence-corrected chi connectivity index (χ1v) is 13.6. The van der Waals surface area contributed by atoms with E-state index in [4.69, 9.17) is 4.55 Å². The van der Waals surface area contributed by atoms with Crippen molar-refractivity contribution in [2.45, 2.75) is 72.5 Å². The molecule has 0 aromatic rings. The highest BCUT2D eigenvalue weighted by Crippen LogP contribution is 2.49. The number of nitrogens with zero attached hydrogens (tertiary/aromatic N) is 1. The molecule has 0 radical (unpaired) electrons. The SMILES string of the molecule is CN(CCCC(F)(F)C(F)(F)OC(F)(F)C(F)(F)S(C)(=O)=O)CCCC(F)(F)C(F)(F)OC(F)(F)C(F)(F)S(=O)(=O)O. The van der Waals surface area contributed by atoms with Crippen LogP contribution in [0.15, 0.2) is 0 Å². The van der Waals surface area contributed by atoms with Gasteiger partial charge in [-0.15, -0.1) is 0 Å². The number of halogens is 16. The maximum Gasteiger partial charge on any atom is 0.460 e. The van der Waals surface area contributed by atoms with Gasteiger partial charge in [-0.2, -0.15) is 78.7 Å². The molecule has 1 N–H and O–H groups in total. The maximum atomic E-state index is 13.7. The normalized spacial score (nSPS) is 15.9. The monoisotopic (exact) mass is 705 g/mol. The predicted octanol–water partition coefficient (Wildman–Crippen LogP) is 5.27. The smallest absolute Gasteiger partial charge is 0.306 e. The molecule has 0 rings (SSSR count). The van der Waals surface area contributed by atoms with Crippen LogP contribution in [0.3, 0.4) is 0 Å². The Labute approximate surface area is 225 Å². The van der Waals surface area contributed by atoms with Gasteiger partial charge in [-0.25, -0.2) is 17.9 Å². The Bertz CT molecular complexity index is 1060. The molecule has 0 aliphatic rings. The summed E-state index contributed by atoms with van der Waals surface area (Å²) in [6, 6.07) is 0. The van der Waals surface area contributed by atoms with Crippen LogP contribution in [-0.2, 0) is 29.4 Å². The van der Waals surface area contributed by atoms with Crippen molar-refractivity contribution in [2.24, 2.45) is 0 Å². The van der Waals surface area contributed by atoms with Crippen molar-refractivity contribution in [3.63, 3.8) is 0 Å². The van der Waals surface area contributed by atoms with E-state index in [-0.39, 0.29) is 0 Å². The van der Waals surface area contributed by atoms with E-state index < -0.39 is 112 Å². The highest BCUT2D eigenvalue weighted by Gasteiger charge is 2.74. The third-order valence-electron chi connectivity index (χ3n) is 4.89. The van der Waals surface area contributed by atoms with Gasteiger partial charge in [-0.3, -0.25) is 4.55 Å². The molecule has 0 aliphatic carbocycles. The van der Waals surface area contributed by atoms with Crippen LogP contribution in [0.4, 0.5) is 70.2 Å². The van der Waals surface area contributed by atoms with Gasteiger partial charge in [0.1, 0.15) is 0 Å². The Hall–Kier alpha value is -1.38. The van der Waals surface area contributed by atoms with Crippen LogP contribution in [0.1, 0.15) is 25.7 Å². The molecule has 0 aliphatic heterocycles. The maximum absolute atomic E-state index is 13.7. The fourth-order valence-electron chi connectivity index (χ4n) is 2.50. The van der Waals surface area contributed by atoms with Crippen molar-refractivity contribution in [1.82, 2.24) is 4.90 Å². The minimum atomic E-state index is -7.15. The van der Waals surface area contributed by atoms with Gasteiger partial charge in [0.25, 0.3) is 0 Å². The average molecular weight is 705 g/mol. The molecule has 0 amide bonds. The first-order chi connectivity index (χ1) is 18.0. The lowest BCUT2D eigenvalue weighted by atomic mass is 10.1. The summed E-state index contributed by atoms with van der Waals surface area (Å²) in [5, 5.41) is -13.2. The van der Waals surface area contributed by atoms with Crippen LogP contribution in [-0.4, -0.2) is 99.5 Å². The summed E-state index contributed by atoms with van der Waals surface area (Å²) in [7, 11) is -12.5. The van der Waals surface area contributed by atoms with Crippen LogP contribution in [0.2, 0.25) is 0 Å². The first-order valence-electron chi connectivity index (χ1n) is 10.3. The molecule has 42 heavy (non-hydrogen) atoms. The lowest BCUT2D eigenvalue weighted by Crippen LogP contribution is -2.56. The third-order valence-corrected chi connectivity index (χ3v) is 6.95. The standard InChI is InChI=1S/C16H19F16NO7S2/c1-33(7-3-5-9(17,18)11(21,22)39-13(25,26)15(29,30)41(2,34)35)8-4-6-10(19,20)12(23,24)40-14(27,28)16(31,32)42(36,37)38/h3-8H2,1-2H3,(H,36,37,38). The van der Waals surface area contributed by atoms with Gasteiger partial charge in [0.05, 0.1) is 0 Å². The highest BCUT2D eigenvalue weighted by molar-refractivity contribution is 7.91. The second kappa shape index (κ2) is 12.2. The second-order valence-corrected chi connectivity index (χ2v) is 12.0. The summed E-state index contributed by atoms with van der Waals surface area (Å²) < 4.78 is 268. The topological polar surface area (TPSA) is 110 Å². The van der Waals surface area contributed by atoms with Crippen molar-refractivity contribution in [3.8, 4) is 0 Å². The van der Waals surface area contributed by atoms with E-state index in [1.807, 2.05) is 4.74 Å². The summed E-state index contributed by atoms with van der Waals surface area (Å²) in [5.74, 6) is -11.4. The summed E-state index contributed by atoms with van der Waals surface area (Å²) in [5.41, 5.74) is 0. The van der Waals surface area contributed by atoms with E-state index in [1.165, 1.54) is 0 Å². The zero-order chi connectivity index (χ0) is 34.2. The molecule has 8 nitrogen and oxygen atoms in total. The Morgan fingerprint density at radius 3 is 1.12 bits per heavy atom. The van der Waals surface area contributed by atoms with E-state index >= 15 is 0 Å². The van der Waals surface area contributed by atoms with Crippen molar-refractivity contribution in [2.75, 3.05) is 26.4 Å². The van der Waals surface area contributed by atoms with Gasteiger partial charge in [0, 0.05) is 19.1 Å². The highest BCUT2D eigenvalue weighted by atomic mass is 32.2. The minimum Gasteiger partial charge on any atom is -0.306 e. The molecular formula is C16H19F16NO7S2. The number of hydrogen-bond acceptors (Lipinski definition) is 7. The Kier molecular flexibility index (Phi) is 11.8. The molecule has 0 aromatic heterocycles. The molecule has 26 heteroatoms. The fraction of sp³-hybridized carbons (Fsp3) is 1.00. The van der Waals surface area contributed by atoms with Crippen LogP contribution in [0.25, 0.3) is 0 Å². The van der Waals surface area contributed by atoms with Gasteiger partial charge in [0.15, 0.2) is 0 Å².